The van der Waals surface area contributed by atoms with Crippen molar-refractivity contribution in [3.8, 4) is 0 Å². The topological polar surface area (TPSA) is 89.7 Å². The molecule has 1 aromatic rings. The maximum Gasteiger partial charge on any atom is 0.305 e. The summed E-state index contributed by atoms with van der Waals surface area (Å²) >= 11 is 0. The van der Waals surface area contributed by atoms with Crippen LogP contribution in [0, 0.1) is 11.6 Å². The molecular weight excluding hydrogens is 306 g/mol. The summed E-state index contributed by atoms with van der Waals surface area (Å²) in [5, 5.41) is 0. The van der Waals surface area contributed by atoms with Crippen LogP contribution in [0.1, 0.15) is 12.8 Å². The van der Waals surface area contributed by atoms with Gasteiger partial charge in [0.25, 0.3) is 0 Å². The number of esters is 1. The number of sulfonamides is 1. The second-order valence-electron chi connectivity index (χ2n) is 4.32. The van der Waals surface area contributed by atoms with Crippen LogP contribution in [0.5, 0.6) is 0 Å². The molecule has 1 aromatic carbocycles. The number of halogens is 2. The van der Waals surface area contributed by atoms with Crippen LogP contribution in [0.15, 0.2) is 17.0 Å². The molecule has 21 heavy (non-hydrogen) atoms. The number of hydrogen-bond acceptors (Lipinski definition) is 5. The standard InChI is InChI=1S/C12H16F2N2O4S/c1-16(5-3-4-11(17)20-2)21(18,19)10-7-8(15)6-9(13)12(10)14/h6-7H,3-5,15H2,1-2H3. The first-order chi connectivity index (χ1) is 9.70. The number of methoxy groups -OCH3 is 1. The van der Waals surface area contributed by atoms with E-state index in [-0.39, 0.29) is 25.1 Å². The zero-order chi connectivity index (χ0) is 16.2. The van der Waals surface area contributed by atoms with Gasteiger partial charge < -0.3 is 10.5 Å². The predicted octanol–water partition coefficient (Wildman–Crippen LogP) is 1.12. The van der Waals surface area contributed by atoms with Crippen molar-refractivity contribution in [2.45, 2.75) is 17.7 Å². The molecule has 0 bridgehead atoms. The second kappa shape index (κ2) is 6.81. The molecule has 2 N–H and O–H groups in total. The van der Waals surface area contributed by atoms with E-state index < -0.39 is 32.5 Å². The Hall–Kier alpha value is -1.74. The number of nitrogen functional groups attached to an aromatic ring is 1. The molecule has 0 fully saturated rings. The molecule has 0 unspecified atom stereocenters. The number of nitrogens with two attached hydrogens (primary N) is 1. The fourth-order valence-corrected chi connectivity index (χ4v) is 2.92. The number of carbonyl (C=O) groups excluding carboxylic acids is 1. The number of hydrogen-bond donors (Lipinski definition) is 1. The minimum Gasteiger partial charge on any atom is -0.469 e. The number of nitrogens with zero attached hydrogens (tertiary/aromatic N) is 1. The first kappa shape index (κ1) is 17.3. The van der Waals surface area contributed by atoms with Gasteiger partial charge in [-0.15, -0.1) is 0 Å². The molecule has 1 rings (SSSR count). The highest BCUT2D eigenvalue weighted by Gasteiger charge is 2.26. The van der Waals surface area contributed by atoms with E-state index in [2.05, 4.69) is 4.74 Å². The molecule has 0 radical (unpaired) electrons. The molecule has 9 heteroatoms. The average molecular weight is 322 g/mol. The Kier molecular flexibility index (Phi) is 5.62. The van der Waals surface area contributed by atoms with Crippen molar-refractivity contribution < 1.29 is 26.7 Å². The minimum absolute atomic E-state index is 0.0180. The van der Waals surface area contributed by atoms with Crippen LogP contribution >= 0.6 is 0 Å². The van der Waals surface area contributed by atoms with Crippen LogP contribution in [-0.2, 0) is 19.6 Å². The summed E-state index contributed by atoms with van der Waals surface area (Å²) in [6.45, 7) is -0.0483. The molecule has 0 atom stereocenters. The molecule has 118 valence electrons. The number of benzene rings is 1. The summed E-state index contributed by atoms with van der Waals surface area (Å²) < 4.78 is 56.4. The van der Waals surface area contributed by atoms with Gasteiger partial charge in [0.05, 0.1) is 7.11 Å². The summed E-state index contributed by atoms with van der Waals surface area (Å²) in [5.41, 5.74) is 5.13. The van der Waals surface area contributed by atoms with Crippen molar-refractivity contribution in [1.82, 2.24) is 4.31 Å². The molecule has 0 amide bonds. The van der Waals surface area contributed by atoms with E-state index in [0.29, 0.717) is 6.07 Å². The van der Waals surface area contributed by atoms with Gasteiger partial charge in [0.1, 0.15) is 4.90 Å². The molecule has 0 aliphatic rings. The first-order valence-electron chi connectivity index (χ1n) is 5.97. The lowest BCUT2D eigenvalue weighted by Gasteiger charge is -2.17. The summed E-state index contributed by atoms with van der Waals surface area (Å²) in [7, 11) is -1.82. The Morgan fingerprint density at radius 1 is 1.38 bits per heavy atom. The largest absolute Gasteiger partial charge is 0.469 e. The van der Waals surface area contributed by atoms with Crippen LogP contribution in [0.25, 0.3) is 0 Å². The van der Waals surface area contributed by atoms with Crippen LogP contribution < -0.4 is 5.73 Å². The molecule has 0 aromatic heterocycles. The molecule has 0 saturated heterocycles. The second-order valence-corrected chi connectivity index (χ2v) is 6.33. The SMILES string of the molecule is COC(=O)CCCN(C)S(=O)(=O)c1cc(N)cc(F)c1F. The molecule has 0 aliphatic heterocycles. The minimum atomic E-state index is -4.23. The lowest BCUT2D eigenvalue weighted by atomic mass is 10.3. The van der Waals surface area contributed by atoms with Gasteiger partial charge in [-0.25, -0.2) is 21.5 Å². The molecule has 0 saturated carbocycles. The highest BCUT2D eigenvalue weighted by Crippen LogP contribution is 2.23. The number of rotatable bonds is 6. The van der Waals surface area contributed by atoms with Crippen LogP contribution in [-0.4, -0.2) is 39.4 Å². The van der Waals surface area contributed by atoms with Crippen LogP contribution in [0.4, 0.5) is 14.5 Å². The smallest absolute Gasteiger partial charge is 0.305 e. The summed E-state index contributed by atoms with van der Waals surface area (Å²) in [5.74, 6) is -3.30. The van der Waals surface area contributed by atoms with Crippen molar-refractivity contribution in [3.63, 3.8) is 0 Å². The molecule has 0 spiro atoms. The molecule has 0 aliphatic carbocycles. The molecular formula is C12H16F2N2O4S. The Balaban J connectivity index is 2.93. The van der Waals surface area contributed by atoms with E-state index in [1.807, 2.05) is 0 Å². The lowest BCUT2D eigenvalue weighted by molar-refractivity contribution is -0.140. The number of ether oxygens (including phenoxy) is 1. The summed E-state index contributed by atoms with van der Waals surface area (Å²) in [4.78, 5) is 10.1. The van der Waals surface area contributed by atoms with Gasteiger partial charge in [-0.2, -0.15) is 0 Å². The van der Waals surface area contributed by atoms with Crippen molar-refractivity contribution >= 4 is 21.7 Å². The normalized spacial score (nSPS) is 11.7. The maximum atomic E-state index is 13.6. The van der Waals surface area contributed by atoms with E-state index in [1.165, 1.54) is 14.2 Å². The summed E-state index contributed by atoms with van der Waals surface area (Å²) in [6, 6.07) is 1.55. The fourth-order valence-electron chi connectivity index (χ4n) is 1.61. The average Bonchev–Trinajstić information content (AvgIpc) is 2.42. The van der Waals surface area contributed by atoms with E-state index >= 15 is 0 Å². The van der Waals surface area contributed by atoms with Gasteiger partial charge in [-0.3, -0.25) is 4.79 Å². The lowest BCUT2D eigenvalue weighted by Crippen LogP contribution is -2.29. The Bertz CT molecular complexity index is 634. The van der Waals surface area contributed by atoms with Gasteiger partial charge in [0.15, 0.2) is 11.6 Å². The number of anilines is 1. The van der Waals surface area contributed by atoms with E-state index in [1.54, 1.807) is 0 Å². The molecule has 0 heterocycles. The maximum absolute atomic E-state index is 13.6. The van der Waals surface area contributed by atoms with Crippen molar-refractivity contribution in [1.29, 1.82) is 0 Å². The fraction of sp³-hybridized carbons (Fsp3) is 0.417. The van der Waals surface area contributed by atoms with Gasteiger partial charge in [0, 0.05) is 25.7 Å². The Morgan fingerprint density at radius 2 is 2.00 bits per heavy atom. The van der Waals surface area contributed by atoms with Gasteiger partial charge in [-0.1, -0.05) is 0 Å². The zero-order valence-electron chi connectivity index (χ0n) is 11.6. The monoisotopic (exact) mass is 322 g/mol. The van der Waals surface area contributed by atoms with Crippen molar-refractivity contribution in [2.75, 3.05) is 26.4 Å². The first-order valence-corrected chi connectivity index (χ1v) is 7.41. The van der Waals surface area contributed by atoms with Crippen molar-refractivity contribution in [2.24, 2.45) is 0 Å². The van der Waals surface area contributed by atoms with E-state index in [9.17, 15) is 22.0 Å². The molecule has 6 nitrogen and oxygen atoms in total. The van der Waals surface area contributed by atoms with Crippen molar-refractivity contribution in [3.05, 3.63) is 23.8 Å². The Morgan fingerprint density at radius 3 is 2.57 bits per heavy atom. The predicted molar refractivity (Wildman–Crippen MR) is 71.8 cm³/mol. The Labute approximate surface area is 121 Å². The van der Waals surface area contributed by atoms with Gasteiger partial charge in [-0.05, 0) is 18.6 Å². The van der Waals surface area contributed by atoms with E-state index in [4.69, 9.17) is 5.73 Å². The highest BCUT2D eigenvalue weighted by molar-refractivity contribution is 7.89. The van der Waals surface area contributed by atoms with Crippen LogP contribution in [0.2, 0.25) is 0 Å². The third-order valence-corrected chi connectivity index (χ3v) is 4.64. The quantitative estimate of drug-likeness (QED) is 0.626. The van der Waals surface area contributed by atoms with Gasteiger partial charge >= 0.3 is 5.97 Å². The third-order valence-electron chi connectivity index (χ3n) is 2.79. The highest BCUT2D eigenvalue weighted by atomic mass is 32.2. The zero-order valence-corrected chi connectivity index (χ0v) is 12.4. The van der Waals surface area contributed by atoms with E-state index in [0.717, 1.165) is 10.4 Å². The van der Waals surface area contributed by atoms with Crippen LogP contribution in [0.3, 0.4) is 0 Å². The summed E-state index contributed by atoms with van der Waals surface area (Å²) in [6.07, 6.45) is 0.207. The third kappa shape index (κ3) is 4.11. The van der Waals surface area contributed by atoms with Gasteiger partial charge in [0.2, 0.25) is 10.0 Å². The number of carbonyl (C=O) groups is 1.